The van der Waals surface area contributed by atoms with Crippen LogP contribution in [0, 0.1) is 17.8 Å². The zero-order valence-electron chi connectivity index (χ0n) is 17.5. The molecule has 0 aliphatic carbocycles. The first-order valence-electron chi connectivity index (χ1n) is 10.6. The number of ether oxygens (including phenoxy) is 1. The molecule has 29 heavy (non-hydrogen) atoms. The molecule has 0 aromatic heterocycles. The summed E-state index contributed by atoms with van der Waals surface area (Å²) in [7, 11) is 1.72. The highest BCUT2D eigenvalue weighted by molar-refractivity contribution is 5.90. The van der Waals surface area contributed by atoms with E-state index in [4.69, 9.17) is 4.74 Å². The van der Waals surface area contributed by atoms with E-state index in [1.54, 1.807) is 7.11 Å². The SMILES string of the molecule is COCCN1CC2(CCN(C(=O)Nc3cccc(C)c3)CC2)C2(CCNC2=O)C1. The second-order valence-electron chi connectivity index (χ2n) is 8.86. The van der Waals surface area contributed by atoms with Crippen LogP contribution in [-0.2, 0) is 9.53 Å². The van der Waals surface area contributed by atoms with Gasteiger partial charge in [0.25, 0.3) is 0 Å². The summed E-state index contributed by atoms with van der Waals surface area (Å²) < 4.78 is 5.27. The first-order valence-corrected chi connectivity index (χ1v) is 10.6. The van der Waals surface area contributed by atoms with Crippen LogP contribution in [0.15, 0.2) is 24.3 Å². The van der Waals surface area contributed by atoms with Gasteiger partial charge in [0.1, 0.15) is 0 Å². The van der Waals surface area contributed by atoms with E-state index in [-0.39, 0.29) is 22.8 Å². The smallest absolute Gasteiger partial charge is 0.321 e. The number of carbonyl (C=O) groups excluding carboxylic acids is 2. The Kier molecular flexibility index (Phi) is 5.53. The number of anilines is 1. The molecule has 0 saturated carbocycles. The van der Waals surface area contributed by atoms with Crippen molar-refractivity contribution in [2.45, 2.75) is 26.2 Å². The van der Waals surface area contributed by atoms with Gasteiger partial charge in [0.05, 0.1) is 12.0 Å². The fourth-order valence-electron chi connectivity index (χ4n) is 5.59. The van der Waals surface area contributed by atoms with Crippen LogP contribution >= 0.6 is 0 Å². The van der Waals surface area contributed by atoms with Gasteiger partial charge in [-0.2, -0.15) is 0 Å². The predicted molar refractivity (Wildman–Crippen MR) is 112 cm³/mol. The molecule has 7 heteroatoms. The van der Waals surface area contributed by atoms with Crippen LogP contribution in [0.2, 0.25) is 0 Å². The highest BCUT2D eigenvalue weighted by atomic mass is 16.5. The standard InChI is InChI=1S/C22H32N4O3/c1-17-4-3-5-18(14-17)24-20(28)26-10-7-21(8-11-26)15-25(12-13-29-2)16-22(21)6-9-23-19(22)27/h3-5,14H,6-13,15-16H2,1-2H3,(H,23,27)(H,24,28). The number of likely N-dealkylation sites (tertiary alicyclic amines) is 2. The Hall–Kier alpha value is -2.12. The molecule has 3 aliphatic heterocycles. The molecule has 1 atom stereocenters. The third-order valence-corrected chi connectivity index (χ3v) is 7.20. The molecule has 0 bridgehead atoms. The summed E-state index contributed by atoms with van der Waals surface area (Å²) >= 11 is 0. The number of methoxy groups -OCH3 is 1. The van der Waals surface area contributed by atoms with Crippen molar-refractivity contribution in [3.63, 3.8) is 0 Å². The van der Waals surface area contributed by atoms with Gasteiger partial charge in [0.15, 0.2) is 0 Å². The minimum atomic E-state index is -0.320. The van der Waals surface area contributed by atoms with Crippen LogP contribution < -0.4 is 10.6 Å². The number of amides is 3. The molecule has 4 rings (SSSR count). The number of urea groups is 1. The molecule has 7 nitrogen and oxygen atoms in total. The van der Waals surface area contributed by atoms with Crippen LogP contribution in [0.3, 0.4) is 0 Å². The summed E-state index contributed by atoms with van der Waals surface area (Å²) in [6.07, 6.45) is 2.63. The van der Waals surface area contributed by atoms with Crippen LogP contribution in [0.4, 0.5) is 10.5 Å². The topological polar surface area (TPSA) is 73.9 Å². The van der Waals surface area contributed by atoms with Gasteiger partial charge in [0, 0.05) is 57.5 Å². The quantitative estimate of drug-likeness (QED) is 0.812. The maximum atomic E-state index is 12.9. The fourth-order valence-corrected chi connectivity index (χ4v) is 5.59. The van der Waals surface area contributed by atoms with Gasteiger partial charge in [-0.1, -0.05) is 12.1 Å². The highest BCUT2D eigenvalue weighted by Gasteiger charge is 2.63. The van der Waals surface area contributed by atoms with Crippen LogP contribution in [0.5, 0.6) is 0 Å². The second kappa shape index (κ2) is 7.95. The van der Waals surface area contributed by atoms with Crippen molar-refractivity contribution in [3.8, 4) is 0 Å². The van der Waals surface area contributed by atoms with Gasteiger partial charge in [-0.15, -0.1) is 0 Å². The number of aryl methyl sites for hydroxylation is 1. The molecular formula is C22H32N4O3. The molecule has 3 saturated heterocycles. The molecule has 3 aliphatic rings. The normalized spacial score (nSPS) is 26.3. The number of piperidine rings is 1. The highest BCUT2D eigenvalue weighted by Crippen LogP contribution is 2.56. The van der Waals surface area contributed by atoms with Crippen molar-refractivity contribution < 1.29 is 14.3 Å². The molecule has 3 fully saturated rings. The predicted octanol–water partition coefficient (Wildman–Crippen LogP) is 2.08. The number of benzene rings is 1. The molecular weight excluding hydrogens is 368 g/mol. The third-order valence-electron chi connectivity index (χ3n) is 7.20. The summed E-state index contributed by atoms with van der Waals surface area (Å²) in [5.74, 6) is 0.204. The largest absolute Gasteiger partial charge is 0.383 e. The number of hydrogen-bond acceptors (Lipinski definition) is 4. The van der Waals surface area contributed by atoms with E-state index in [0.717, 1.165) is 56.7 Å². The van der Waals surface area contributed by atoms with Crippen molar-refractivity contribution in [2.24, 2.45) is 10.8 Å². The van der Waals surface area contributed by atoms with Gasteiger partial charge < -0.3 is 20.3 Å². The average molecular weight is 401 g/mol. The summed E-state index contributed by atoms with van der Waals surface area (Å²) in [5, 5.41) is 6.10. The van der Waals surface area contributed by atoms with Crippen molar-refractivity contribution >= 4 is 17.6 Å². The number of nitrogens with zero attached hydrogens (tertiary/aromatic N) is 2. The number of hydrogen-bond donors (Lipinski definition) is 2. The zero-order chi connectivity index (χ0) is 20.5. The average Bonchev–Trinajstić information content (AvgIpc) is 3.22. The maximum absolute atomic E-state index is 12.9. The summed E-state index contributed by atoms with van der Waals surface area (Å²) in [5.41, 5.74) is 1.58. The number of carbonyl (C=O) groups is 2. The molecule has 0 radical (unpaired) electrons. The number of fused-ring (bicyclic) bond motifs is 1. The van der Waals surface area contributed by atoms with Crippen molar-refractivity contribution in [2.75, 3.05) is 58.3 Å². The van der Waals surface area contributed by atoms with Crippen LogP contribution in [0.1, 0.15) is 24.8 Å². The molecule has 3 amide bonds. The summed E-state index contributed by atoms with van der Waals surface area (Å²) in [4.78, 5) is 30.0. The summed E-state index contributed by atoms with van der Waals surface area (Å²) in [6.45, 7) is 7.39. The van der Waals surface area contributed by atoms with Gasteiger partial charge in [0.2, 0.25) is 5.91 Å². The van der Waals surface area contributed by atoms with E-state index >= 15 is 0 Å². The van der Waals surface area contributed by atoms with E-state index in [1.807, 2.05) is 36.1 Å². The van der Waals surface area contributed by atoms with Gasteiger partial charge in [-0.05, 0) is 43.9 Å². The minimum absolute atomic E-state index is 0.0513. The Bertz CT molecular complexity index is 775. The second-order valence-corrected chi connectivity index (χ2v) is 8.86. The lowest BCUT2D eigenvalue weighted by molar-refractivity contribution is -0.133. The molecule has 1 aromatic rings. The fraction of sp³-hybridized carbons (Fsp3) is 0.636. The van der Waals surface area contributed by atoms with E-state index in [2.05, 4.69) is 15.5 Å². The Morgan fingerprint density at radius 1 is 1.24 bits per heavy atom. The van der Waals surface area contributed by atoms with E-state index in [9.17, 15) is 9.59 Å². The number of rotatable bonds is 4. The lowest BCUT2D eigenvalue weighted by atomic mass is 9.60. The lowest BCUT2D eigenvalue weighted by Crippen LogP contribution is -2.53. The molecule has 2 N–H and O–H groups in total. The molecule has 158 valence electrons. The minimum Gasteiger partial charge on any atom is -0.383 e. The molecule has 3 heterocycles. The van der Waals surface area contributed by atoms with Crippen molar-refractivity contribution in [1.82, 2.24) is 15.1 Å². The Labute approximate surface area is 172 Å². The monoisotopic (exact) mass is 400 g/mol. The number of nitrogens with one attached hydrogen (secondary N) is 2. The molecule has 2 spiro atoms. The Morgan fingerprint density at radius 3 is 2.69 bits per heavy atom. The van der Waals surface area contributed by atoms with Gasteiger partial charge in [-0.25, -0.2) is 4.79 Å². The van der Waals surface area contributed by atoms with E-state index < -0.39 is 0 Å². The molecule has 1 aromatic carbocycles. The van der Waals surface area contributed by atoms with Crippen molar-refractivity contribution in [3.05, 3.63) is 29.8 Å². The van der Waals surface area contributed by atoms with E-state index in [0.29, 0.717) is 19.7 Å². The maximum Gasteiger partial charge on any atom is 0.321 e. The zero-order valence-corrected chi connectivity index (χ0v) is 17.5. The Balaban J connectivity index is 1.44. The Morgan fingerprint density at radius 2 is 2.03 bits per heavy atom. The van der Waals surface area contributed by atoms with Crippen LogP contribution in [0.25, 0.3) is 0 Å². The third kappa shape index (κ3) is 3.62. The lowest BCUT2D eigenvalue weighted by Gasteiger charge is -2.46. The molecule has 1 unspecified atom stereocenters. The first kappa shape index (κ1) is 20.2. The van der Waals surface area contributed by atoms with Crippen LogP contribution in [-0.4, -0.2) is 74.7 Å². The summed E-state index contributed by atoms with van der Waals surface area (Å²) in [6, 6.07) is 7.81. The van der Waals surface area contributed by atoms with E-state index in [1.165, 1.54) is 0 Å². The van der Waals surface area contributed by atoms with Gasteiger partial charge >= 0.3 is 6.03 Å². The van der Waals surface area contributed by atoms with Crippen molar-refractivity contribution in [1.29, 1.82) is 0 Å². The first-order chi connectivity index (χ1) is 14.0. The van der Waals surface area contributed by atoms with Gasteiger partial charge in [-0.3, -0.25) is 9.69 Å².